The zero-order valence-electron chi connectivity index (χ0n) is 8.05. The van der Waals surface area contributed by atoms with E-state index in [4.69, 9.17) is 11.2 Å². The predicted octanol–water partition coefficient (Wildman–Crippen LogP) is 2.86. The molecule has 72 valence electrons. The van der Waals surface area contributed by atoms with Crippen molar-refractivity contribution in [1.82, 2.24) is 4.98 Å². The van der Waals surface area contributed by atoms with Crippen molar-refractivity contribution in [2.75, 3.05) is 0 Å². The molecule has 2 heteroatoms. The third-order valence-electron chi connectivity index (χ3n) is 1.89. The van der Waals surface area contributed by atoms with E-state index in [0.29, 0.717) is 5.75 Å². The van der Waals surface area contributed by atoms with E-state index in [2.05, 4.69) is 10.9 Å². The molecule has 0 amide bonds. The Morgan fingerprint density at radius 1 is 1.07 bits per heavy atom. The van der Waals surface area contributed by atoms with Gasteiger partial charge in [-0.2, -0.15) is 0 Å². The van der Waals surface area contributed by atoms with Crippen molar-refractivity contribution in [3.05, 3.63) is 54.4 Å². The maximum absolute atomic E-state index is 5.55. The molecular formula is C13H9NO. The lowest BCUT2D eigenvalue weighted by molar-refractivity contribution is 0.480. The van der Waals surface area contributed by atoms with Gasteiger partial charge < -0.3 is 4.74 Å². The van der Waals surface area contributed by atoms with E-state index in [0.717, 1.165) is 11.3 Å². The van der Waals surface area contributed by atoms with Crippen LogP contribution in [0.25, 0.3) is 0 Å². The molecule has 0 saturated heterocycles. The topological polar surface area (TPSA) is 22.1 Å². The minimum atomic E-state index is 0.714. The predicted molar refractivity (Wildman–Crippen MR) is 58.7 cm³/mol. The van der Waals surface area contributed by atoms with E-state index in [1.54, 1.807) is 12.4 Å². The van der Waals surface area contributed by atoms with Crippen molar-refractivity contribution in [3.63, 3.8) is 0 Å². The molecule has 0 radical (unpaired) electrons. The van der Waals surface area contributed by atoms with Crippen LogP contribution in [0.15, 0.2) is 48.8 Å². The molecule has 0 N–H and O–H groups in total. The van der Waals surface area contributed by atoms with Crippen LogP contribution in [0.5, 0.6) is 11.5 Å². The molecule has 1 heterocycles. The van der Waals surface area contributed by atoms with Gasteiger partial charge in [0.05, 0.1) is 6.20 Å². The number of hydrogen-bond donors (Lipinski definition) is 0. The van der Waals surface area contributed by atoms with Crippen LogP contribution in [0.4, 0.5) is 0 Å². The molecule has 2 rings (SSSR count). The van der Waals surface area contributed by atoms with Gasteiger partial charge in [0.1, 0.15) is 11.5 Å². The SMILES string of the molecule is C#Cc1ccc(Oc2cccnc2)cc1. The second-order valence-electron chi connectivity index (χ2n) is 2.96. The van der Waals surface area contributed by atoms with E-state index in [1.165, 1.54) is 0 Å². The molecule has 15 heavy (non-hydrogen) atoms. The first-order valence-corrected chi connectivity index (χ1v) is 4.53. The van der Waals surface area contributed by atoms with Gasteiger partial charge >= 0.3 is 0 Å². The molecule has 0 saturated carbocycles. The van der Waals surface area contributed by atoms with Crippen molar-refractivity contribution in [1.29, 1.82) is 0 Å². The lowest BCUT2D eigenvalue weighted by Crippen LogP contribution is -1.84. The summed E-state index contributed by atoms with van der Waals surface area (Å²) in [5, 5.41) is 0. The summed E-state index contributed by atoms with van der Waals surface area (Å²) in [5.74, 6) is 4.02. The summed E-state index contributed by atoms with van der Waals surface area (Å²) >= 11 is 0. The van der Waals surface area contributed by atoms with Crippen molar-refractivity contribution in [2.24, 2.45) is 0 Å². The van der Waals surface area contributed by atoms with Gasteiger partial charge in [-0.25, -0.2) is 0 Å². The van der Waals surface area contributed by atoms with Crippen LogP contribution in [0.3, 0.4) is 0 Å². The standard InChI is InChI=1S/C13H9NO/c1-2-11-5-7-12(8-6-11)15-13-4-3-9-14-10-13/h1,3-10H. The fourth-order valence-corrected chi connectivity index (χ4v) is 1.16. The Morgan fingerprint density at radius 3 is 2.47 bits per heavy atom. The summed E-state index contributed by atoms with van der Waals surface area (Å²) in [7, 11) is 0. The Hall–Kier alpha value is -2.27. The molecule has 0 aliphatic carbocycles. The van der Waals surface area contributed by atoms with Gasteiger partial charge in [0.25, 0.3) is 0 Å². The minimum absolute atomic E-state index is 0.714. The van der Waals surface area contributed by atoms with Gasteiger partial charge in [-0.3, -0.25) is 4.98 Å². The zero-order chi connectivity index (χ0) is 10.5. The van der Waals surface area contributed by atoms with Gasteiger partial charge in [-0.1, -0.05) is 5.92 Å². The van der Waals surface area contributed by atoms with Crippen LogP contribution in [0.1, 0.15) is 5.56 Å². The molecule has 2 aromatic rings. The van der Waals surface area contributed by atoms with Crippen LogP contribution >= 0.6 is 0 Å². The fraction of sp³-hybridized carbons (Fsp3) is 0. The molecule has 0 bridgehead atoms. The molecule has 2 nitrogen and oxygen atoms in total. The van der Waals surface area contributed by atoms with Crippen molar-refractivity contribution < 1.29 is 4.74 Å². The van der Waals surface area contributed by atoms with Gasteiger partial charge in [0, 0.05) is 11.8 Å². The van der Waals surface area contributed by atoms with E-state index in [-0.39, 0.29) is 0 Å². The number of aromatic nitrogens is 1. The summed E-state index contributed by atoms with van der Waals surface area (Å²) < 4.78 is 5.55. The second kappa shape index (κ2) is 4.30. The van der Waals surface area contributed by atoms with Gasteiger partial charge in [0.2, 0.25) is 0 Å². The molecule has 1 aromatic carbocycles. The van der Waals surface area contributed by atoms with E-state index in [1.807, 2.05) is 36.4 Å². The van der Waals surface area contributed by atoms with E-state index >= 15 is 0 Å². The second-order valence-corrected chi connectivity index (χ2v) is 2.96. The van der Waals surface area contributed by atoms with Gasteiger partial charge in [-0.05, 0) is 36.4 Å². The quantitative estimate of drug-likeness (QED) is 0.687. The van der Waals surface area contributed by atoms with Crippen molar-refractivity contribution >= 4 is 0 Å². The molecule has 1 aromatic heterocycles. The number of nitrogens with zero attached hydrogens (tertiary/aromatic N) is 1. The monoisotopic (exact) mass is 195 g/mol. The maximum atomic E-state index is 5.55. The number of rotatable bonds is 2. The van der Waals surface area contributed by atoms with Crippen LogP contribution in [0.2, 0.25) is 0 Å². The first-order valence-electron chi connectivity index (χ1n) is 4.53. The molecule has 0 atom stereocenters. The molecular weight excluding hydrogens is 186 g/mol. The van der Waals surface area contributed by atoms with E-state index < -0.39 is 0 Å². The van der Waals surface area contributed by atoms with Crippen molar-refractivity contribution in [2.45, 2.75) is 0 Å². The third kappa shape index (κ3) is 2.35. The average Bonchev–Trinajstić information content (AvgIpc) is 2.31. The number of ether oxygens (including phenoxy) is 1. The van der Waals surface area contributed by atoms with Crippen LogP contribution in [-0.4, -0.2) is 4.98 Å². The molecule has 0 aliphatic heterocycles. The Bertz CT molecular complexity index is 468. The minimum Gasteiger partial charge on any atom is -0.456 e. The highest BCUT2D eigenvalue weighted by Gasteiger charge is 1.95. The first kappa shape index (κ1) is 9.29. The number of benzene rings is 1. The largest absolute Gasteiger partial charge is 0.456 e. The van der Waals surface area contributed by atoms with Crippen LogP contribution in [-0.2, 0) is 0 Å². The van der Waals surface area contributed by atoms with Crippen LogP contribution < -0.4 is 4.74 Å². The Morgan fingerprint density at radius 2 is 1.87 bits per heavy atom. The summed E-state index contributed by atoms with van der Waals surface area (Å²) in [5.41, 5.74) is 0.841. The normalized spacial score (nSPS) is 9.27. The summed E-state index contributed by atoms with van der Waals surface area (Å²) in [6.45, 7) is 0. The molecule has 0 fully saturated rings. The van der Waals surface area contributed by atoms with Gasteiger partial charge in [0.15, 0.2) is 0 Å². The molecule has 0 spiro atoms. The number of terminal acetylenes is 1. The fourth-order valence-electron chi connectivity index (χ4n) is 1.16. The Labute approximate surface area is 88.6 Å². The number of hydrogen-bond acceptors (Lipinski definition) is 2. The first-order chi connectivity index (χ1) is 7.38. The number of pyridine rings is 1. The van der Waals surface area contributed by atoms with Crippen molar-refractivity contribution in [3.8, 4) is 23.8 Å². The average molecular weight is 195 g/mol. The van der Waals surface area contributed by atoms with E-state index in [9.17, 15) is 0 Å². The summed E-state index contributed by atoms with van der Waals surface area (Å²) in [6, 6.07) is 11.0. The highest BCUT2D eigenvalue weighted by atomic mass is 16.5. The van der Waals surface area contributed by atoms with Crippen LogP contribution in [0, 0.1) is 12.3 Å². The highest BCUT2D eigenvalue weighted by Crippen LogP contribution is 2.19. The smallest absolute Gasteiger partial charge is 0.145 e. The summed E-state index contributed by atoms with van der Waals surface area (Å²) in [6.07, 6.45) is 8.62. The Kier molecular flexibility index (Phi) is 2.66. The molecule has 0 aliphatic rings. The highest BCUT2D eigenvalue weighted by molar-refractivity contribution is 5.38. The lowest BCUT2D eigenvalue weighted by atomic mass is 10.2. The third-order valence-corrected chi connectivity index (χ3v) is 1.89. The Balaban J connectivity index is 2.16. The summed E-state index contributed by atoms with van der Waals surface area (Å²) in [4.78, 5) is 3.96. The maximum Gasteiger partial charge on any atom is 0.145 e. The zero-order valence-corrected chi connectivity index (χ0v) is 8.05. The lowest BCUT2D eigenvalue weighted by Gasteiger charge is -2.04. The van der Waals surface area contributed by atoms with Gasteiger partial charge in [-0.15, -0.1) is 6.42 Å². The molecule has 0 unspecified atom stereocenters.